The van der Waals surface area contributed by atoms with Crippen molar-refractivity contribution in [2.75, 3.05) is 14.1 Å². The van der Waals surface area contributed by atoms with E-state index >= 15 is 0 Å². The molecule has 106 valence electrons. The van der Waals surface area contributed by atoms with Gasteiger partial charge >= 0.3 is 0 Å². The predicted octanol–water partition coefficient (Wildman–Crippen LogP) is 3.61. The van der Waals surface area contributed by atoms with E-state index in [0.29, 0.717) is 5.25 Å². The lowest BCUT2D eigenvalue weighted by molar-refractivity contribution is -0.126. The normalized spacial score (nSPS) is 20.2. The quantitative estimate of drug-likeness (QED) is 0.694. The second kappa shape index (κ2) is 7.28. The predicted molar refractivity (Wildman–Crippen MR) is 85.4 cm³/mol. The fraction of sp³-hybridized carbons (Fsp3) is 0.917. The monoisotopic (exact) mass is 308 g/mol. The van der Waals surface area contributed by atoms with E-state index in [4.69, 9.17) is 11.8 Å². The minimum atomic E-state index is -1.97. The first-order valence-electron chi connectivity index (χ1n) is 6.70. The molecule has 0 saturated heterocycles. The van der Waals surface area contributed by atoms with Crippen LogP contribution < -0.4 is 5.09 Å². The van der Waals surface area contributed by atoms with Gasteiger partial charge in [-0.3, -0.25) is 14.6 Å². The Morgan fingerprint density at radius 2 is 2.22 bits per heavy atom. The first-order valence-corrected chi connectivity index (χ1v) is 10.9. The minimum Gasteiger partial charge on any atom is -0.298 e. The van der Waals surface area contributed by atoms with Crippen LogP contribution in [0.3, 0.4) is 0 Å². The SMILES string of the molecule is CCCCC(C)SP(=S)(NC)N(C)C(=O)C1CC1. The summed E-state index contributed by atoms with van der Waals surface area (Å²) in [6, 6.07) is 0. The number of carbonyl (C=O) groups is 1. The molecule has 1 rings (SSSR count). The highest BCUT2D eigenvalue weighted by atomic mass is 32.9. The maximum Gasteiger partial charge on any atom is 0.230 e. The summed E-state index contributed by atoms with van der Waals surface area (Å²) in [6.45, 7) is 4.42. The second-order valence-corrected chi connectivity index (χ2v) is 12.5. The van der Waals surface area contributed by atoms with Gasteiger partial charge in [-0.15, -0.1) is 0 Å². The summed E-state index contributed by atoms with van der Waals surface area (Å²) in [4.78, 5) is 12.1. The average Bonchev–Trinajstić information content (AvgIpc) is 3.18. The van der Waals surface area contributed by atoms with Crippen LogP contribution in [-0.2, 0) is 16.6 Å². The van der Waals surface area contributed by atoms with Gasteiger partial charge in [0.1, 0.15) is 0 Å². The number of carbonyl (C=O) groups excluding carboxylic acids is 1. The Bertz CT molecular complexity index is 334. The smallest absolute Gasteiger partial charge is 0.230 e. The molecule has 2 atom stereocenters. The summed E-state index contributed by atoms with van der Waals surface area (Å²) in [5, 5.41) is 3.75. The fourth-order valence-corrected chi connectivity index (χ4v) is 7.84. The first kappa shape index (κ1) is 16.5. The Hall–Kier alpha value is 0.430. The molecule has 1 saturated carbocycles. The lowest BCUT2D eigenvalue weighted by Gasteiger charge is -2.33. The van der Waals surface area contributed by atoms with Gasteiger partial charge in [0, 0.05) is 18.2 Å². The number of hydrogen-bond donors (Lipinski definition) is 1. The molecule has 3 nitrogen and oxygen atoms in total. The van der Waals surface area contributed by atoms with Crippen LogP contribution in [0.25, 0.3) is 0 Å². The number of nitrogens with zero attached hydrogens (tertiary/aromatic N) is 1. The van der Waals surface area contributed by atoms with Gasteiger partial charge in [0.05, 0.1) is 0 Å². The molecule has 18 heavy (non-hydrogen) atoms. The highest BCUT2D eigenvalue weighted by Gasteiger charge is 2.37. The zero-order chi connectivity index (χ0) is 13.8. The van der Waals surface area contributed by atoms with Crippen LogP contribution in [0.15, 0.2) is 0 Å². The summed E-state index contributed by atoms with van der Waals surface area (Å²) in [5.74, 6) is 0.486. The van der Waals surface area contributed by atoms with Crippen LogP contribution in [0.1, 0.15) is 46.0 Å². The number of unbranched alkanes of at least 4 members (excludes halogenated alkanes) is 1. The number of nitrogens with one attached hydrogen (secondary N) is 1. The van der Waals surface area contributed by atoms with E-state index in [2.05, 4.69) is 18.9 Å². The topological polar surface area (TPSA) is 32.3 Å². The van der Waals surface area contributed by atoms with Crippen molar-refractivity contribution in [3.05, 3.63) is 0 Å². The average molecular weight is 308 g/mol. The lowest BCUT2D eigenvalue weighted by Crippen LogP contribution is -2.29. The minimum absolute atomic E-state index is 0.239. The van der Waals surface area contributed by atoms with Gasteiger partial charge in [-0.1, -0.05) is 38.1 Å². The highest BCUT2D eigenvalue weighted by Crippen LogP contribution is 2.60. The van der Waals surface area contributed by atoms with Crippen molar-refractivity contribution >= 4 is 34.6 Å². The lowest BCUT2D eigenvalue weighted by atomic mass is 10.2. The molecule has 0 aliphatic heterocycles. The zero-order valence-electron chi connectivity index (χ0n) is 11.8. The van der Waals surface area contributed by atoms with Crippen LogP contribution in [0.5, 0.6) is 0 Å². The van der Waals surface area contributed by atoms with Crippen molar-refractivity contribution in [2.24, 2.45) is 5.92 Å². The van der Waals surface area contributed by atoms with Gasteiger partial charge in [0.25, 0.3) is 0 Å². The van der Waals surface area contributed by atoms with Gasteiger partial charge in [-0.2, -0.15) is 0 Å². The van der Waals surface area contributed by atoms with Crippen LogP contribution in [0.2, 0.25) is 0 Å². The Labute approximate surface area is 120 Å². The molecule has 1 amide bonds. The summed E-state index contributed by atoms with van der Waals surface area (Å²) >= 11 is 7.53. The van der Waals surface area contributed by atoms with E-state index in [-0.39, 0.29) is 11.8 Å². The van der Waals surface area contributed by atoms with Crippen LogP contribution >= 0.6 is 16.9 Å². The second-order valence-electron chi connectivity index (χ2n) is 4.94. The largest absolute Gasteiger partial charge is 0.298 e. The summed E-state index contributed by atoms with van der Waals surface area (Å²) < 4.78 is 1.83. The van der Waals surface area contributed by atoms with Crippen molar-refractivity contribution < 1.29 is 4.79 Å². The van der Waals surface area contributed by atoms with Crippen LogP contribution in [-0.4, -0.2) is 29.9 Å². The first-order chi connectivity index (χ1) is 8.44. The molecule has 2 unspecified atom stereocenters. The molecular formula is C12H25N2OPS2. The fourth-order valence-electron chi connectivity index (χ4n) is 1.79. The molecule has 6 heteroatoms. The third-order valence-corrected chi connectivity index (χ3v) is 10.9. The van der Waals surface area contributed by atoms with E-state index in [1.807, 2.05) is 18.8 Å². The van der Waals surface area contributed by atoms with E-state index in [9.17, 15) is 4.79 Å². The van der Waals surface area contributed by atoms with E-state index in [0.717, 1.165) is 12.8 Å². The van der Waals surface area contributed by atoms with Gasteiger partial charge in [0.15, 0.2) is 5.54 Å². The molecule has 1 N–H and O–H groups in total. The molecule has 0 spiro atoms. The summed E-state index contributed by atoms with van der Waals surface area (Å²) in [5.41, 5.74) is -1.97. The molecule has 0 aromatic heterocycles. The van der Waals surface area contributed by atoms with E-state index in [1.165, 1.54) is 19.3 Å². The Morgan fingerprint density at radius 3 is 2.67 bits per heavy atom. The Morgan fingerprint density at radius 1 is 1.61 bits per heavy atom. The maximum absolute atomic E-state index is 12.1. The molecular weight excluding hydrogens is 283 g/mol. The number of rotatable bonds is 8. The molecule has 0 aromatic rings. The van der Waals surface area contributed by atoms with Crippen molar-refractivity contribution in [1.82, 2.24) is 9.76 Å². The van der Waals surface area contributed by atoms with Gasteiger partial charge in [-0.05, 0) is 38.1 Å². The van der Waals surface area contributed by atoms with Crippen molar-refractivity contribution in [1.29, 1.82) is 0 Å². The van der Waals surface area contributed by atoms with Crippen molar-refractivity contribution in [2.45, 2.75) is 51.2 Å². The third kappa shape index (κ3) is 4.52. The summed E-state index contributed by atoms with van der Waals surface area (Å²) in [6.07, 6.45) is 5.70. The summed E-state index contributed by atoms with van der Waals surface area (Å²) in [7, 11) is 3.76. The van der Waals surface area contributed by atoms with Crippen molar-refractivity contribution in [3.8, 4) is 0 Å². The van der Waals surface area contributed by atoms with Crippen LogP contribution in [0.4, 0.5) is 0 Å². The van der Waals surface area contributed by atoms with Crippen molar-refractivity contribution in [3.63, 3.8) is 0 Å². The molecule has 0 radical (unpaired) electrons. The Kier molecular flexibility index (Phi) is 6.66. The van der Waals surface area contributed by atoms with Gasteiger partial charge in [0.2, 0.25) is 5.91 Å². The highest BCUT2D eigenvalue weighted by molar-refractivity contribution is 8.69. The van der Waals surface area contributed by atoms with Gasteiger partial charge < -0.3 is 0 Å². The van der Waals surface area contributed by atoms with E-state index < -0.39 is 5.54 Å². The number of hydrogen-bond acceptors (Lipinski definition) is 3. The van der Waals surface area contributed by atoms with E-state index in [1.54, 1.807) is 11.4 Å². The number of amides is 1. The third-order valence-electron chi connectivity index (χ3n) is 3.21. The maximum atomic E-state index is 12.1. The molecule has 1 aliphatic carbocycles. The molecule has 0 aromatic carbocycles. The molecule has 0 bridgehead atoms. The molecule has 0 heterocycles. The van der Waals surface area contributed by atoms with Gasteiger partial charge in [-0.25, -0.2) is 0 Å². The molecule has 1 fully saturated rings. The Balaban J connectivity index is 2.59. The standard InChI is InChI=1S/C12H25N2OPS2/c1-5-6-7-10(2)18-16(17,13-3)14(4)12(15)11-8-9-11/h10-11H,5-9H2,1-4H3,(H,13,17). The molecule has 1 aliphatic rings. The zero-order valence-corrected chi connectivity index (χ0v) is 14.3. The van der Waals surface area contributed by atoms with Crippen LogP contribution in [0, 0.1) is 5.92 Å².